The van der Waals surface area contributed by atoms with Crippen LogP contribution in [0.25, 0.3) is 10.9 Å². The highest BCUT2D eigenvalue weighted by atomic mass is 16.3. The molecular weight excluding hydrogens is 370 g/mol. The first-order valence-electron chi connectivity index (χ1n) is 9.95. The summed E-state index contributed by atoms with van der Waals surface area (Å²) in [6, 6.07) is 33.0. The topological polar surface area (TPSA) is 50.9 Å². The van der Waals surface area contributed by atoms with Crippen LogP contribution < -0.4 is 0 Å². The van der Waals surface area contributed by atoms with Crippen molar-refractivity contribution in [2.24, 2.45) is 0 Å². The van der Waals surface area contributed by atoms with Crippen LogP contribution in [0.2, 0.25) is 0 Å². The molecule has 0 saturated heterocycles. The third-order valence-electron chi connectivity index (χ3n) is 5.60. The number of benzene rings is 3. The third kappa shape index (κ3) is 2.73. The fourth-order valence-corrected chi connectivity index (χ4v) is 4.30. The molecule has 0 spiro atoms. The molecule has 0 atom stereocenters. The van der Waals surface area contributed by atoms with Gasteiger partial charge in [-0.25, -0.2) is 4.68 Å². The van der Waals surface area contributed by atoms with E-state index in [1.165, 1.54) is 0 Å². The molecule has 1 N–H and O–H groups in total. The largest absolute Gasteiger partial charge is 0.390 e. The molecule has 146 valence electrons. The number of aliphatic hydroxyl groups is 1. The molecule has 4 heteroatoms. The molecule has 0 aliphatic heterocycles. The van der Waals surface area contributed by atoms with E-state index in [1.54, 1.807) is 6.20 Å². The molecule has 3 aromatic carbocycles. The zero-order valence-electron chi connectivity index (χ0n) is 16.4. The molecule has 0 radical (unpaired) electrons. The van der Waals surface area contributed by atoms with E-state index in [0.29, 0.717) is 5.69 Å². The Kier molecular flexibility index (Phi) is 4.62. The number of aromatic nitrogens is 3. The summed E-state index contributed by atoms with van der Waals surface area (Å²) in [6.07, 6.45) is 3.56. The highest BCUT2D eigenvalue weighted by Gasteiger charge is 2.40. The average molecular weight is 391 g/mol. The summed E-state index contributed by atoms with van der Waals surface area (Å²) in [5.41, 5.74) is 4.04. The molecule has 0 amide bonds. The van der Waals surface area contributed by atoms with Crippen molar-refractivity contribution in [1.82, 2.24) is 14.8 Å². The predicted octanol–water partition coefficient (Wildman–Crippen LogP) is 4.76. The van der Waals surface area contributed by atoms with Gasteiger partial charge in [0.1, 0.15) is 5.54 Å². The van der Waals surface area contributed by atoms with Crippen molar-refractivity contribution in [1.29, 1.82) is 0 Å². The van der Waals surface area contributed by atoms with E-state index in [1.807, 2.05) is 71.5 Å². The SMILES string of the molecule is OCc1nn(C(c2ccccc2)(c2ccccc2)c2ccccc2)c2cnccc12. The maximum Gasteiger partial charge on any atom is 0.138 e. The summed E-state index contributed by atoms with van der Waals surface area (Å²) in [7, 11) is 0. The van der Waals surface area contributed by atoms with Gasteiger partial charge in [0, 0.05) is 11.6 Å². The minimum Gasteiger partial charge on any atom is -0.390 e. The van der Waals surface area contributed by atoms with E-state index in [0.717, 1.165) is 27.6 Å². The Labute approximate surface area is 175 Å². The lowest BCUT2D eigenvalue weighted by atomic mass is 9.77. The lowest BCUT2D eigenvalue weighted by Crippen LogP contribution is -2.38. The first-order valence-corrected chi connectivity index (χ1v) is 9.95. The quantitative estimate of drug-likeness (QED) is 0.439. The van der Waals surface area contributed by atoms with Crippen LogP contribution in [0.3, 0.4) is 0 Å². The Bertz CT molecular complexity index is 1170. The van der Waals surface area contributed by atoms with Crippen LogP contribution in [-0.4, -0.2) is 19.9 Å². The monoisotopic (exact) mass is 391 g/mol. The van der Waals surface area contributed by atoms with Gasteiger partial charge in [-0.15, -0.1) is 0 Å². The van der Waals surface area contributed by atoms with Crippen LogP contribution in [0, 0.1) is 0 Å². The van der Waals surface area contributed by atoms with Crippen LogP contribution >= 0.6 is 0 Å². The summed E-state index contributed by atoms with van der Waals surface area (Å²) in [5, 5.41) is 15.9. The Morgan fingerprint density at radius 1 is 0.700 bits per heavy atom. The Morgan fingerprint density at radius 3 is 1.67 bits per heavy atom. The molecule has 2 aromatic heterocycles. The third-order valence-corrected chi connectivity index (χ3v) is 5.60. The standard InChI is InChI=1S/C26H21N3O/c30-19-24-23-16-17-27-18-25(23)29(28-24)26(20-10-4-1-5-11-20,21-12-6-2-7-13-21)22-14-8-3-9-15-22/h1-18,30H,19H2. The number of fused-ring (bicyclic) bond motifs is 1. The second-order valence-electron chi connectivity index (χ2n) is 7.22. The summed E-state index contributed by atoms with van der Waals surface area (Å²) >= 11 is 0. The van der Waals surface area contributed by atoms with Crippen LogP contribution in [0.5, 0.6) is 0 Å². The normalized spacial score (nSPS) is 11.6. The average Bonchev–Trinajstić information content (AvgIpc) is 3.21. The van der Waals surface area contributed by atoms with Crippen LogP contribution in [-0.2, 0) is 12.1 Å². The zero-order valence-corrected chi connectivity index (χ0v) is 16.4. The van der Waals surface area contributed by atoms with Crippen molar-refractivity contribution in [2.75, 3.05) is 0 Å². The summed E-state index contributed by atoms with van der Waals surface area (Å²) in [4.78, 5) is 4.37. The van der Waals surface area contributed by atoms with Crippen LogP contribution in [0.15, 0.2) is 109 Å². The van der Waals surface area contributed by atoms with Crippen molar-refractivity contribution in [3.63, 3.8) is 0 Å². The van der Waals surface area contributed by atoms with E-state index in [2.05, 4.69) is 41.4 Å². The fourth-order valence-electron chi connectivity index (χ4n) is 4.30. The van der Waals surface area contributed by atoms with E-state index in [-0.39, 0.29) is 6.61 Å². The van der Waals surface area contributed by atoms with E-state index >= 15 is 0 Å². The molecule has 5 aromatic rings. The van der Waals surface area contributed by atoms with E-state index in [4.69, 9.17) is 5.10 Å². The van der Waals surface area contributed by atoms with Gasteiger partial charge in [0.25, 0.3) is 0 Å². The number of pyridine rings is 1. The molecule has 0 fully saturated rings. The first kappa shape index (κ1) is 18.3. The number of hydrogen-bond acceptors (Lipinski definition) is 3. The lowest BCUT2D eigenvalue weighted by Gasteiger charge is -2.37. The van der Waals surface area contributed by atoms with Crippen molar-refractivity contribution in [3.8, 4) is 0 Å². The summed E-state index contributed by atoms with van der Waals surface area (Å²) in [5.74, 6) is 0. The van der Waals surface area contributed by atoms with Crippen molar-refractivity contribution in [2.45, 2.75) is 12.1 Å². The number of nitrogens with zero attached hydrogens (tertiary/aromatic N) is 3. The minimum absolute atomic E-state index is 0.137. The highest BCUT2D eigenvalue weighted by Crippen LogP contribution is 2.42. The van der Waals surface area contributed by atoms with Gasteiger partial charge in [-0.1, -0.05) is 91.0 Å². The van der Waals surface area contributed by atoms with E-state index in [9.17, 15) is 5.11 Å². The van der Waals surface area contributed by atoms with Crippen LogP contribution in [0.4, 0.5) is 0 Å². The summed E-state index contributed by atoms with van der Waals surface area (Å²) in [6.45, 7) is -0.137. The molecular formula is C26H21N3O. The smallest absolute Gasteiger partial charge is 0.138 e. The predicted molar refractivity (Wildman–Crippen MR) is 118 cm³/mol. The van der Waals surface area contributed by atoms with Gasteiger partial charge >= 0.3 is 0 Å². The molecule has 0 aliphatic carbocycles. The van der Waals surface area contributed by atoms with Gasteiger partial charge in [-0.3, -0.25) is 4.98 Å². The highest BCUT2D eigenvalue weighted by molar-refractivity contribution is 5.82. The van der Waals surface area contributed by atoms with Crippen molar-refractivity contribution >= 4 is 10.9 Å². The molecule has 0 saturated carbocycles. The minimum atomic E-state index is -0.724. The molecule has 5 rings (SSSR count). The lowest BCUT2D eigenvalue weighted by molar-refractivity contribution is 0.275. The molecule has 4 nitrogen and oxygen atoms in total. The van der Waals surface area contributed by atoms with Gasteiger partial charge < -0.3 is 5.11 Å². The second-order valence-corrected chi connectivity index (χ2v) is 7.22. The van der Waals surface area contributed by atoms with Gasteiger partial charge in [0.05, 0.1) is 24.0 Å². The zero-order chi connectivity index (χ0) is 20.4. The molecule has 2 heterocycles. The molecule has 0 unspecified atom stereocenters. The van der Waals surface area contributed by atoms with Gasteiger partial charge in [-0.05, 0) is 22.8 Å². The van der Waals surface area contributed by atoms with Gasteiger partial charge in [-0.2, -0.15) is 5.10 Å². The second kappa shape index (κ2) is 7.58. The van der Waals surface area contributed by atoms with Gasteiger partial charge in [0.15, 0.2) is 0 Å². The first-order chi connectivity index (χ1) is 14.9. The Balaban J connectivity index is 1.98. The maximum atomic E-state index is 10.0. The van der Waals surface area contributed by atoms with Crippen molar-refractivity contribution < 1.29 is 5.11 Å². The molecule has 30 heavy (non-hydrogen) atoms. The fraction of sp³-hybridized carbons (Fsp3) is 0.0769. The van der Waals surface area contributed by atoms with Gasteiger partial charge in [0.2, 0.25) is 0 Å². The van der Waals surface area contributed by atoms with Crippen LogP contribution in [0.1, 0.15) is 22.4 Å². The number of aliphatic hydroxyl groups excluding tert-OH is 1. The number of rotatable bonds is 5. The number of hydrogen-bond donors (Lipinski definition) is 1. The molecule has 0 bridgehead atoms. The molecule has 0 aliphatic rings. The Morgan fingerprint density at radius 2 is 1.20 bits per heavy atom. The van der Waals surface area contributed by atoms with Crippen molar-refractivity contribution in [3.05, 3.63) is 132 Å². The summed E-state index contributed by atoms with van der Waals surface area (Å²) < 4.78 is 2.01. The maximum absolute atomic E-state index is 10.0. The van der Waals surface area contributed by atoms with E-state index < -0.39 is 5.54 Å². The Hall–Kier alpha value is -3.76.